The Morgan fingerprint density at radius 1 is 1.42 bits per heavy atom. The predicted molar refractivity (Wildman–Crippen MR) is 78.0 cm³/mol. The minimum absolute atomic E-state index is 0.201. The van der Waals surface area contributed by atoms with Crippen molar-refractivity contribution in [3.63, 3.8) is 0 Å². The third-order valence-electron chi connectivity index (χ3n) is 3.39. The van der Waals surface area contributed by atoms with Gasteiger partial charge in [0.2, 0.25) is 0 Å². The van der Waals surface area contributed by atoms with Crippen LogP contribution in [0.5, 0.6) is 5.75 Å². The van der Waals surface area contributed by atoms with Crippen LogP contribution in [0.3, 0.4) is 0 Å². The van der Waals surface area contributed by atoms with E-state index in [1.54, 1.807) is 7.11 Å². The molecule has 104 valence electrons. The maximum absolute atomic E-state index is 12.1. The molecular weight excluding hydrogens is 238 g/mol. The molecule has 0 saturated heterocycles. The van der Waals surface area contributed by atoms with Crippen LogP contribution in [0.15, 0.2) is 18.2 Å². The van der Waals surface area contributed by atoms with Crippen LogP contribution in [0.25, 0.3) is 0 Å². The molecule has 1 fully saturated rings. The van der Waals surface area contributed by atoms with Crippen molar-refractivity contribution in [2.24, 2.45) is 11.8 Å². The Labute approximate surface area is 115 Å². The zero-order valence-electron chi connectivity index (χ0n) is 12.0. The van der Waals surface area contributed by atoms with Gasteiger partial charge in [-0.1, -0.05) is 13.8 Å². The second-order valence-electron chi connectivity index (χ2n) is 5.76. The largest absolute Gasteiger partial charge is 0.495 e. The van der Waals surface area contributed by atoms with E-state index in [9.17, 15) is 4.79 Å². The van der Waals surface area contributed by atoms with Gasteiger partial charge in [-0.05, 0) is 42.9 Å². The van der Waals surface area contributed by atoms with Gasteiger partial charge in [0.05, 0.1) is 12.8 Å². The van der Waals surface area contributed by atoms with Crippen LogP contribution in [0.2, 0.25) is 0 Å². The number of ether oxygens (including phenoxy) is 1. The van der Waals surface area contributed by atoms with Crippen LogP contribution >= 0.6 is 0 Å². The average Bonchev–Trinajstić information content (AvgIpc) is 3.19. The lowest BCUT2D eigenvalue weighted by Crippen LogP contribution is -2.08. The minimum atomic E-state index is 0.201. The van der Waals surface area contributed by atoms with Gasteiger partial charge in [0.1, 0.15) is 5.75 Å². The van der Waals surface area contributed by atoms with Gasteiger partial charge in [0.25, 0.3) is 0 Å². The lowest BCUT2D eigenvalue weighted by atomic mass is 10.0. The van der Waals surface area contributed by atoms with Crippen molar-refractivity contribution in [2.75, 3.05) is 19.0 Å². The monoisotopic (exact) mass is 261 g/mol. The number of hydrogen-bond donors (Lipinski definition) is 1. The van der Waals surface area contributed by atoms with Gasteiger partial charge >= 0.3 is 0 Å². The molecule has 0 heterocycles. The lowest BCUT2D eigenvalue weighted by Gasteiger charge is -2.13. The highest BCUT2D eigenvalue weighted by atomic mass is 16.5. The van der Waals surface area contributed by atoms with E-state index in [0.717, 1.165) is 29.5 Å². The van der Waals surface area contributed by atoms with E-state index in [-0.39, 0.29) is 5.78 Å². The minimum Gasteiger partial charge on any atom is -0.495 e. The molecular formula is C16H23NO2. The summed E-state index contributed by atoms with van der Waals surface area (Å²) in [4.78, 5) is 12.1. The second kappa shape index (κ2) is 6.09. The van der Waals surface area contributed by atoms with Crippen LogP contribution in [0.1, 0.15) is 43.5 Å². The molecule has 1 saturated carbocycles. The molecule has 0 aromatic heterocycles. The van der Waals surface area contributed by atoms with Crippen molar-refractivity contribution in [3.05, 3.63) is 23.8 Å². The highest BCUT2D eigenvalue weighted by molar-refractivity contribution is 5.97. The van der Waals surface area contributed by atoms with Crippen LogP contribution < -0.4 is 10.1 Å². The van der Waals surface area contributed by atoms with Crippen LogP contribution in [-0.4, -0.2) is 19.4 Å². The Kier molecular flexibility index (Phi) is 4.46. The summed E-state index contributed by atoms with van der Waals surface area (Å²) >= 11 is 0. The molecule has 1 aliphatic carbocycles. The molecule has 19 heavy (non-hydrogen) atoms. The Balaban J connectivity index is 2.11. The van der Waals surface area contributed by atoms with E-state index in [1.165, 1.54) is 12.8 Å². The molecule has 0 spiro atoms. The molecule has 0 unspecified atom stereocenters. The number of nitrogens with one attached hydrogen (secondary N) is 1. The number of benzene rings is 1. The summed E-state index contributed by atoms with van der Waals surface area (Å²) in [5.74, 6) is 2.19. The summed E-state index contributed by atoms with van der Waals surface area (Å²) in [5.41, 5.74) is 1.71. The van der Waals surface area contributed by atoms with Gasteiger partial charge < -0.3 is 10.1 Å². The number of rotatable bonds is 7. The Morgan fingerprint density at radius 3 is 2.74 bits per heavy atom. The van der Waals surface area contributed by atoms with Crippen molar-refractivity contribution in [1.82, 2.24) is 0 Å². The van der Waals surface area contributed by atoms with E-state index in [1.807, 2.05) is 18.2 Å². The van der Waals surface area contributed by atoms with Crippen molar-refractivity contribution in [2.45, 2.75) is 33.1 Å². The smallest absolute Gasteiger partial charge is 0.163 e. The molecule has 3 heteroatoms. The Bertz CT molecular complexity index is 450. The first kappa shape index (κ1) is 13.9. The number of carbonyl (C=O) groups is 1. The molecule has 3 nitrogen and oxygen atoms in total. The molecule has 1 aromatic carbocycles. The highest BCUT2D eigenvalue weighted by Crippen LogP contribution is 2.32. The van der Waals surface area contributed by atoms with Crippen LogP contribution in [-0.2, 0) is 0 Å². The zero-order valence-corrected chi connectivity index (χ0v) is 12.0. The van der Waals surface area contributed by atoms with Gasteiger partial charge in [0.15, 0.2) is 5.78 Å². The number of hydrogen-bond acceptors (Lipinski definition) is 3. The number of ketones is 1. The number of carbonyl (C=O) groups excluding carboxylic acids is 1. The summed E-state index contributed by atoms with van der Waals surface area (Å²) in [6.45, 7) is 5.10. The van der Waals surface area contributed by atoms with Crippen molar-refractivity contribution in [3.8, 4) is 5.75 Å². The van der Waals surface area contributed by atoms with E-state index in [0.29, 0.717) is 12.3 Å². The summed E-state index contributed by atoms with van der Waals surface area (Å²) in [5, 5.41) is 3.40. The Hall–Kier alpha value is -1.51. The quantitative estimate of drug-likeness (QED) is 0.760. The van der Waals surface area contributed by atoms with Crippen molar-refractivity contribution >= 4 is 11.5 Å². The van der Waals surface area contributed by atoms with Gasteiger partial charge in [-0.25, -0.2) is 0 Å². The molecule has 0 bridgehead atoms. The second-order valence-corrected chi connectivity index (χ2v) is 5.76. The molecule has 0 atom stereocenters. The summed E-state index contributed by atoms with van der Waals surface area (Å²) in [6.07, 6.45) is 3.21. The molecule has 0 aliphatic heterocycles. The van der Waals surface area contributed by atoms with Gasteiger partial charge in [-0.2, -0.15) is 0 Å². The fourth-order valence-electron chi connectivity index (χ4n) is 2.08. The fraction of sp³-hybridized carbons (Fsp3) is 0.562. The van der Waals surface area contributed by atoms with Gasteiger partial charge in [-0.3, -0.25) is 4.79 Å². The SMILES string of the molecule is COc1ccc(C(=O)CC(C)C)cc1NCC1CC1. The summed E-state index contributed by atoms with van der Waals surface area (Å²) < 4.78 is 5.34. The van der Waals surface area contributed by atoms with Gasteiger partial charge in [-0.15, -0.1) is 0 Å². The highest BCUT2D eigenvalue weighted by Gasteiger charge is 2.21. The van der Waals surface area contributed by atoms with Crippen molar-refractivity contribution in [1.29, 1.82) is 0 Å². The van der Waals surface area contributed by atoms with Crippen LogP contribution in [0, 0.1) is 11.8 Å². The van der Waals surface area contributed by atoms with Gasteiger partial charge in [0, 0.05) is 18.5 Å². The zero-order chi connectivity index (χ0) is 13.8. The third kappa shape index (κ3) is 3.98. The average molecular weight is 261 g/mol. The van der Waals surface area contributed by atoms with E-state index < -0.39 is 0 Å². The molecule has 0 amide bonds. The topological polar surface area (TPSA) is 38.3 Å². The summed E-state index contributed by atoms with van der Waals surface area (Å²) in [7, 11) is 1.66. The molecule has 0 radical (unpaired) electrons. The molecule has 1 aromatic rings. The normalized spacial score (nSPS) is 14.5. The first-order valence-electron chi connectivity index (χ1n) is 7.05. The lowest BCUT2D eigenvalue weighted by molar-refractivity contribution is 0.0968. The standard InChI is InChI=1S/C16H23NO2/c1-11(2)8-15(18)13-6-7-16(19-3)14(9-13)17-10-12-4-5-12/h6-7,9,11-12,17H,4-5,8,10H2,1-3H3. The van der Waals surface area contributed by atoms with E-state index in [2.05, 4.69) is 19.2 Å². The first-order chi connectivity index (χ1) is 9.10. The number of Topliss-reactive ketones (excluding diaryl/α,β-unsaturated/α-hetero) is 1. The van der Waals surface area contributed by atoms with E-state index >= 15 is 0 Å². The third-order valence-corrected chi connectivity index (χ3v) is 3.39. The number of methoxy groups -OCH3 is 1. The Morgan fingerprint density at radius 2 is 2.16 bits per heavy atom. The fourth-order valence-corrected chi connectivity index (χ4v) is 2.08. The molecule has 2 rings (SSSR count). The van der Waals surface area contributed by atoms with E-state index in [4.69, 9.17) is 4.74 Å². The predicted octanol–water partition coefficient (Wildman–Crippen LogP) is 3.75. The van der Waals surface area contributed by atoms with Crippen LogP contribution in [0.4, 0.5) is 5.69 Å². The number of anilines is 1. The molecule has 1 aliphatic rings. The van der Waals surface area contributed by atoms with Crippen molar-refractivity contribution < 1.29 is 9.53 Å². The first-order valence-corrected chi connectivity index (χ1v) is 7.05. The maximum atomic E-state index is 12.1. The molecule has 1 N–H and O–H groups in total. The summed E-state index contributed by atoms with van der Waals surface area (Å²) in [6, 6.07) is 5.65. The maximum Gasteiger partial charge on any atom is 0.163 e.